The van der Waals surface area contributed by atoms with E-state index in [4.69, 9.17) is 9.97 Å². The largest absolute Gasteiger partial charge is 0.308 e. The first-order valence-corrected chi connectivity index (χ1v) is 18.1. The molecule has 0 saturated heterocycles. The third-order valence-corrected chi connectivity index (χ3v) is 11.8. The molecule has 5 aromatic heterocycles. The second kappa shape index (κ2) is 10.0. The summed E-state index contributed by atoms with van der Waals surface area (Å²) in [6.07, 6.45) is 0. The molecule has 0 atom stereocenters. The minimum atomic E-state index is 0.683. The summed E-state index contributed by atoms with van der Waals surface area (Å²) in [7, 11) is 0. The van der Waals surface area contributed by atoms with Gasteiger partial charge in [0, 0.05) is 48.0 Å². The lowest BCUT2D eigenvalue weighted by Crippen LogP contribution is -2.02. The highest BCUT2D eigenvalue weighted by Crippen LogP contribution is 2.47. The van der Waals surface area contributed by atoms with Crippen molar-refractivity contribution in [2.45, 2.75) is 0 Å². The molecule has 12 aromatic rings. The van der Waals surface area contributed by atoms with E-state index in [1.54, 1.807) is 11.3 Å². The van der Waals surface area contributed by atoms with Crippen LogP contribution in [0, 0.1) is 0 Å². The average Bonchev–Trinajstić information content (AvgIpc) is 3.93. The number of rotatable bonds is 3. The summed E-state index contributed by atoms with van der Waals surface area (Å²) < 4.78 is 7.11. The van der Waals surface area contributed by atoms with E-state index in [0.717, 1.165) is 37.9 Å². The van der Waals surface area contributed by atoms with Gasteiger partial charge in [-0.25, -0.2) is 9.97 Å². The molecule has 5 heteroatoms. The van der Waals surface area contributed by atoms with Gasteiger partial charge in [0.05, 0.1) is 43.5 Å². The third-order valence-electron chi connectivity index (χ3n) is 10.7. The highest BCUT2D eigenvalue weighted by molar-refractivity contribution is 7.26. The van der Waals surface area contributed by atoms with Crippen LogP contribution < -0.4 is 0 Å². The molecule has 0 bridgehead atoms. The summed E-state index contributed by atoms with van der Waals surface area (Å²) in [4.78, 5) is 10.9. The van der Waals surface area contributed by atoms with Crippen LogP contribution in [0.5, 0.6) is 0 Å². The minimum absolute atomic E-state index is 0.683. The van der Waals surface area contributed by atoms with Crippen molar-refractivity contribution < 1.29 is 0 Å². The molecular weight excluding hydrogens is 641 g/mol. The lowest BCUT2D eigenvalue weighted by Gasteiger charge is -2.10. The SMILES string of the molecule is c1ccc(-c2ccc3c(c2)c2cc4c(c5ccccc5n4-c4nc(-c5ccccc5)c5sc6ccccc6c5n4)c4c5ccccc5n3c24)cc1. The Kier molecular flexibility index (Phi) is 5.35. The van der Waals surface area contributed by atoms with Crippen molar-refractivity contribution in [3.05, 3.63) is 158 Å². The van der Waals surface area contributed by atoms with Gasteiger partial charge < -0.3 is 4.40 Å². The smallest absolute Gasteiger partial charge is 0.235 e. The molecule has 0 saturated carbocycles. The average molecular weight is 667 g/mol. The molecule has 0 amide bonds. The Hall–Kier alpha value is -6.56. The standard InChI is InChI=1S/C46H26N4S/c1-3-13-27(14-4-1)29-23-24-37-33(25-29)34-26-38-40(41-31-18-8-10-20-35(31)49(37)44(34)41)30-17-7-11-21-36(30)50(38)46-47-42(28-15-5-2-6-16-28)45-43(48-46)32-19-9-12-22-39(32)51-45/h1-26H. The molecule has 51 heavy (non-hydrogen) atoms. The zero-order valence-electron chi connectivity index (χ0n) is 27.2. The molecule has 7 aromatic carbocycles. The van der Waals surface area contributed by atoms with E-state index in [9.17, 15) is 0 Å². The first-order chi connectivity index (χ1) is 25.3. The quantitative estimate of drug-likeness (QED) is 0.188. The Morgan fingerprint density at radius 3 is 1.88 bits per heavy atom. The Morgan fingerprint density at radius 2 is 1.08 bits per heavy atom. The zero-order valence-corrected chi connectivity index (χ0v) is 28.0. The van der Waals surface area contributed by atoms with Crippen LogP contribution >= 0.6 is 11.3 Å². The number of thiophene rings is 1. The predicted octanol–water partition coefficient (Wildman–Crippen LogP) is 12.4. The molecule has 236 valence electrons. The normalized spacial score (nSPS) is 12.3. The van der Waals surface area contributed by atoms with Crippen LogP contribution in [0.4, 0.5) is 0 Å². The van der Waals surface area contributed by atoms with Crippen LogP contribution in [0.3, 0.4) is 0 Å². The highest BCUT2D eigenvalue weighted by atomic mass is 32.1. The van der Waals surface area contributed by atoms with E-state index in [2.05, 4.69) is 167 Å². The molecule has 0 aliphatic rings. The maximum atomic E-state index is 5.46. The fourth-order valence-corrected chi connectivity index (χ4v) is 9.66. The Balaban J connectivity index is 1.28. The van der Waals surface area contributed by atoms with Crippen LogP contribution in [0.15, 0.2) is 158 Å². The van der Waals surface area contributed by atoms with E-state index in [0.29, 0.717) is 5.95 Å². The van der Waals surface area contributed by atoms with Crippen LogP contribution in [-0.4, -0.2) is 18.9 Å². The summed E-state index contributed by atoms with van der Waals surface area (Å²) in [5.41, 5.74) is 11.4. The van der Waals surface area contributed by atoms with E-state index in [-0.39, 0.29) is 0 Å². The van der Waals surface area contributed by atoms with E-state index < -0.39 is 0 Å². The Labute approximate surface area is 295 Å². The molecule has 12 rings (SSSR count). The molecule has 0 unspecified atom stereocenters. The summed E-state index contributed by atoms with van der Waals surface area (Å²) in [5.74, 6) is 0.683. The van der Waals surface area contributed by atoms with Gasteiger partial charge in [-0.3, -0.25) is 4.57 Å². The predicted molar refractivity (Wildman–Crippen MR) is 215 cm³/mol. The maximum Gasteiger partial charge on any atom is 0.235 e. The van der Waals surface area contributed by atoms with Crippen molar-refractivity contribution in [3.63, 3.8) is 0 Å². The second-order valence-corrected chi connectivity index (χ2v) is 14.4. The summed E-state index contributed by atoms with van der Waals surface area (Å²) >= 11 is 1.77. The number of aromatic nitrogens is 4. The number of hydrogen-bond donors (Lipinski definition) is 0. The van der Waals surface area contributed by atoms with Crippen LogP contribution in [0.2, 0.25) is 0 Å². The maximum absolute atomic E-state index is 5.46. The van der Waals surface area contributed by atoms with Gasteiger partial charge in [0.25, 0.3) is 0 Å². The van der Waals surface area contributed by atoms with Crippen molar-refractivity contribution in [1.29, 1.82) is 0 Å². The number of fused-ring (bicyclic) bond motifs is 13. The number of hydrogen-bond acceptors (Lipinski definition) is 3. The van der Waals surface area contributed by atoms with Gasteiger partial charge in [-0.1, -0.05) is 121 Å². The summed E-state index contributed by atoms with van der Waals surface area (Å²) in [6, 6.07) is 56.7. The molecule has 0 N–H and O–H groups in total. The van der Waals surface area contributed by atoms with Gasteiger partial charge in [-0.2, -0.15) is 0 Å². The number of nitrogens with zero attached hydrogens (tertiary/aromatic N) is 4. The van der Waals surface area contributed by atoms with E-state index in [1.807, 2.05) is 0 Å². The van der Waals surface area contributed by atoms with Crippen LogP contribution in [-0.2, 0) is 0 Å². The first kappa shape index (κ1) is 27.3. The van der Waals surface area contributed by atoms with Gasteiger partial charge in [-0.05, 0) is 47.5 Å². The molecule has 0 spiro atoms. The molecule has 0 radical (unpaired) electrons. The Morgan fingerprint density at radius 1 is 0.431 bits per heavy atom. The summed E-state index contributed by atoms with van der Waals surface area (Å²) in [6.45, 7) is 0. The summed E-state index contributed by atoms with van der Waals surface area (Å²) in [5, 5.41) is 8.59. The Bertz CT molecular complexity index is 3350. The van der Waals surface area contributed by atoms with Crippen LogP contribution in [0.1, 0.15) is 0 Å². The van der Waals surface area contributed by atoms with Crippen molar-refractivity contribution >= 4 is 91.5 Å². The van der Waals surface area contributed by atoms with Gasteiger partial charge in [0.15, 0.2) is 0 Å². The van der Waals surface area contributed by atoms with Gasteiger partial charge in [-0.15, -0.1) is 11.3 Å². The lowest BCUT2D eigenvalue weighted by atomic mass is 10.00. The second-order valence-electron chi connectivity index (χ2n) is 13.4. The van der Waals surface area contributed by atoms with Crippen molar-refractivity contribution in [2.24, 2.45) is 0 Å². The van der Waals surface area contributed by atoms with Gasteiger partial charge >= 0.3 is 0 Å². The molecular formula is C46H26N4S. The lowest BCUT2D eigenvalue weighted by molar-refractivity contribution is 1.02. The van der Waals surface area contributed by atoms with Crippen molar-refractivity contribution in [3.8, 4) is 28.3 Å². The van der Waals surface area contributed by atoms with Crippen LogP contribution in [0.25, 0.3) is 109 Å². The topological polar surface area (TPSA) is 35.1 Å². The molecule has 5 heterocycles. The van der Waals surface area contributed by atoms with Gasteiger partial charge in [0.2, 0.25) is 5.95 Å². The zero-order chi connectivity index (χ0) is 33.2. The fourth-order valence-electron chi connectivity index (χ4n) is 8.51. The first-order valence-electron chi connectivity index (χ1n) is 17.3. The van der Waals surface area contributed by atoms with E-state index >= 15 is 0 Å². The fraction of sp³-hybridized carbons (Fsp3) is 0. The number of benzene rings is 7. The third kappa shape index (κ3) is 3.63. The molecule has 4 nitrogen and oxygen atoms in total. The number of para-hydroxylation sites is 2. The molecule has 0 aliphatic carbocycles. The van der Waals surface area contributed by atoms with Crippen molar-refractivity contribution in [2.75, 3.05) is 0 Å². The minimum Gasteiger partial charge on any atom is -0.308 e. The molecule has 0 fully saturated rings. The molecule has 0 aliphatic heterocycles. The van der Waals surface area contributed by atoms with Crippen molar-refractivity contribution in [1.82, 2.24) is 18.9 Å². The van der Waals surface area contributed by atoms with Gasteiger partial charge in [0.1, 0.15) is 0 Å². The monoisotopic (exact) mass is 666 g/mol. The van der Waals surface area contributed by atoms with E-state index in [1.165, 1.54) is 64.7 Å². The highest BCUT2D eigenvalue weighted by Gasteiger charge is 2.26.